The zero-order chi connectivity index (χ0) is 33.8. The molecule has 11 aliphatic rings. The highest BCUT2D eigenvalue weighted by atomic mass is 14.6. The Kier molecular flexibility index (Phi) is 7.92. The van der Waals surface area contributed by atoms with Gasteiger partial charge in [0.05, 0.1) is 0 Å². The lowest BCUT2D eigenvalue weighted by Gasteiger charge is -2.55. The molecule has 0 radical (unpaired) electrons. The van der Waals surface area contributed by atoms with Gasteiger partial charge in [-0.25, -0.2) is 0 Å². The Morgan fingerprint density at radius 1 is 0.608 bits per heavy atom. The van der Waals surface area contributed by atoms with E-state index in [0.717, 1.165) is 76.9 Å². The van der Waals surface area contributed by atoms with Gasteiger partial charge < -0.3 is 0 Å². The highest BCUT2D eigenvalue weighted by Crippen LogP contribution is 2.64. The van der Waals surface area contributed by atoms with Crippen molar-refractivity contribution in [3.8, 4) is 0 Å². The van der Waals surface area contributed by atoms with Crippen LogP contribution in [0.5, 0.6) is 0 Å². The molecule has 0 heterocycles. The zero-order valence-corrected chi connectivity index (χ0v) is 32.1. The molecule has 11 aliphatic carbocycles. The zero-order valence-electron chi connectivity index (χ0n) is 32.1. The van der Waals surface area contributed by atoms with Crippen molar-refractivity contribution in [2.24, 2.45) is 82.3 Å². The predicted molar refractivity (Wildman–Crippen MR) is 213 cm³/mol. The fourth-order valence-corrected chi connectivity index (χ4v) is 16.2. The molecule has 0 spiro atoms. The first kappa shape index (κ1) is 32.4. The second-order valence-corrected chi connectivity index (χ2v) is 20.5. The van der Waals surface area contributed by atoms with Gasteiger partial charge in [-0.15, -0.1) is 0 Å². The smallest absolute Gasteiger partial charge is 0.00508 e. The number of fused-ring (bicyclic) bond motifs is 13. The van der Waals surface area contributed by atoms with E-state index in [4.69, 9.17) is 0 Å². The number of hydrogen-bond donors (Lipinski definition) is 0. The van der Waals surface area contributed by atoms with E-state index in [9.17, 15) is 0 Å². The van der Waals surface area contributed by atoms with E-state index in [2.05, 4.69) is 68.5 Å². The molecule has 3 fully saturated rings. The van der Waals surface area contributed by atoms with Crippen molar-refractivity contribution in [2.45, 2.75) is 136 Å². The minimum Gasteiger partial charge on any atom is -0.0882 e. The molecular weight excluding hydrogens is 613 g/mol. The molecule has 3 saturated carbocycles. The highest BCUT2D eigenvalue weighted by Gasteiger charge is 2.54. The number of hydrogen-bond acceptors (Lipinski definition) is 0. The largest absolute Gasteiger partial charge is 0.0882 e. The van der Waals surface area contributed by atoms with Gasteiger partial charge in [-0.05, 0) is 210 Å². The van der Waals surface area contributed by atoms with Gasteiger partial charge in [0.1, 0.15) is 0 Å². The second kappa shape index (κ2) is 12.5. The minimum atomic E-state index is 0.334. The van der Waals surface area contributed by atoms with Crippen molar-refractivity contribution in [1.29, 1.82) is 0 Å². The summed E-state index contributed by atoms with van der Waals surface area (Å²) in [4.78, 5) is 0. The molecule has 11 rings (SSSR count). The maximum atomic E-state index is 2.87. The fourth-order valence-electron chi connectivity index (χ4n) is 16.2. The average molecular weight is 679 g/mol. The summed E-state index contributed by atoms with van der Waals surface area (Å²) in [6.45, 7) is 5.38. The topological polar surface area (TPSA) is 0 Å². The third-order valence-corrected chi connectivity index (χ3v) is 18.4. The van der Waals surface area contributed by atoms with Crippen molar-refractivity contribution in [2.75, 3.05) is 0 Å². The summed E-state index contributed by atoms with van der Waals surface area (Å²) in [5.74, 6) is 11.3. The van der Waals surface area contributed by atoms with E-state index in [0.29, 0.717) is 5.41 Å². The molecule has 11 unspecified atom stereocenters. The van der Waals surface area contributed by atoms with Crippen LogP contribution in [0.2, 0.25) is 0 Å². The summed E-state index contributed by atoms with van der Waals surface area (Å²) in [5.41, 5.74) is 13.5. The first-order valence-corrected chi connectivity index (χ1v) is 22.6. The van der Waals surface area contributed by atoms with Crippen LogP contribution < -0.4 is 0 Å². The molecule has 0 N–H and O–H groups in total. The first-order valence-electron chi connectivity index (χ1n) is 22.6. The molecule has 0 saturated heterocycles. The molecule has 0 bridgehead atoms. The molecule has 0 aromatic rings. The lowest BCUT2D eigenvalue weighted by Crippen LogP contribution is -2.48. The molecule has 51 heavy (non-hydrogen) atoms. The Balaban J connectivity index is 0.820. The average Bonchev–Trinajstić information content (AvgIpc) is 3.42. The van der Waals surface area contributed by atoms with Gasteiger partial charge in [0.2, 0.25) is 0 Å². The van der Waals surface area contributed by atoms with Crippen molar-refractivity contribution < 1.29 is 0 Å². The molecule has 0 aliphatic heterocycles. The van der Waals surface area contributed by atoms with Crippen LogP contribution in [0.15, 0.2) is 93.7 Å². The summed E-state index contributed by atoms with van der Waals surface area (Å²) < 4.78 is 0. The summed E-state index contributed by atoms with van der Waals surface area (Å²) >= 11 is 0. The molecule has 0 amide bonds. The van der Waals surface area contributed by atoms with Crippen molar-refractivity contribution in [1.82, 2.24) is 0 Å². The van der Waals surface area contributed by atoms with Gasteiger partial charge in [0.15, 0.2) is 0 Å². The first-order chi connectivity index (χ1) is 25.0. The maximum Gasteiger partial charge on any atom is 0.00508 e. The third-order valence-electron chi connectivity index (χ3n) is 18.4. The molecule has 0 aromatic heterocycles. The third kappa shape index (κ3) is 5.02. The van der Waals surface area contributed by atoms with E-state index in [-0.39, 0.29) is 0 Å². The standard InChI is InChI=1S/C51H66/c1-51(2)49-29-33(31-19-23-43-39-15-5-3-11-35(39)37-13-7-9-17-41(37)47(43)27-31)21-25-45(49)46-26-22-34(30-50(46)51)32-20-24-44-40-16-6-4-12-36(40)38-14-8-10-18-42(38)48(44)28-32/h3-4,7,11-13,18-19,30,32-33,35,37-39,41,43-45,47-49H,5-6,8-10,14-17,20-29H2,1-2H3/t32?,33-,35?,37?,38?,39?,41?,43?,44?,45?,47?,48?,49-/m1/s1. The van der Waals surface area contributed by atoms with Crippen LogP contribution in [0, 0.1) is 82.3 Å². The van der Waals surface area contributed by atoms with Gasteiger partial charge in [0, 0.05) is 5.92 Å². The summed E-state index contributed by atoms with van der Waals surface area (Å²) in [6.07, 6.45) is 50.6. The summed E-state index contributed by atoms with van der Waals surface area (Å²) in [7, 11) is 0. The van der Waals surface area contributed by atoms with Crippen LogP contribution in [0.4, 0.5) is 0 Å². The van der Waals surface area contributed by atoms with Gasteiger partial charge >= 0.3 is 0 Å². The van der Waals surface area contributed by atoms with Crippen molar-refractivity contribution >= 4 is 0 Å². The Labute approximate surface area is 310 Å². The van der Waals surface area contributed by atoms with Gasteiger partial charge in [-0.1, -0.05) is 96.4 Å². The monoisotopic (exact) mass is 679 g/mol. The summed E-state index contributed by atoms with van der Waals surface area (Å²) in [6, 6.07) is 0. The van der Waals surface area contributed by atoms with E-state index in [1.54, 1.807) is 5.57 Å². The Hall–Kier alpha value is -2.08. The Bertz CT molecular complexity index is 1690. The van der Waals surface area contributed by atoms with E-state index in [1.165, 1.54) is 122 Å². The lowest BCUT2D eigenvalue weighted by molar-refractivity contribution is -0.00173. The van der Waals surface area contributed by atoms with Crippen LogP contribution in [0.3, 0.4) is 0 Å². The highest BCUT2D eigenvalue weighted by molar-refractivity contribution is 5.48. The molecule has 0 nitrogen and oxygen atoms in total. The quantitative estimate of drug-likeness (QED) is 0.255. The predicted octanol–water partition coefficient (Wildman–Crippen LogP) is 13.6. The molecule has 0 aromatic carbocycles. The van der Waals surface area contributed by atoms with Crippen LogP contribution in [0.25, 0.3) is 0 Å². The molecule has 13 atom stereocenters. The Morgan fingerprint density at radius 2 is 1.39 bits per heavy atom. The van der Waals surface area contributed by atoms with E-state index >= 15 is 0 Å². The van der Waals surface area contributed by atoms with Crippen LogP contribution in [-0.2, 0) is 0 Å². The minimum absolute atomic E-state index is 0.334. The summed E-state index contributed by atoms with van der Waals surface area (Å²) in [5, 5.41) is 0. The SMILES string of the molecule is CC1(C)C2=C(CCC(C3CCC4C5=C(C=CCC5)C5CCCC=C5C4C3)=C2)C2CC[C@@H](C3=CCC4C5CCC=CC5C5C=CCCC5C4C3)C[C@H]21. The van der Waals surface area contributed by atoms with Crippen molar-refractivity contribution in [3.05, 3.63) is 93.7 Å². The number of allylic oxidation sites excluding steroid dienone is 16. The van der Waals surface area contributed by atoms with Crippen LogP contribution in [-0.4, -0.2) is 0 Å². The normalized spacial score (nSPS) is 46.2. The van der Waals surface area contributed by atoms with Gasteiger partial charge in [-0.2, -0.15) is 0 Å². The molecule has 270 valence electrons. The molecular formula is C51H66. The van der Waals surface area contributed by atoms with Gasteiger partial charge in [-0.3, -0.25) is 0 Å². The fraction of sp³-hybridized carbons (Fsp3) is 0.686. The van der Waals surface area contributed by atoms with Gasteiger partial charge in [0.25, 0.3) is 0 Å². The molecule has 0 heteroatoms. The second-order valence-electron chi connectivity index (χ2n) is 20.5. The van der Waals surface area contributed by atoms with Crippen molar-refractivity contribution in [3.63, 3.8) is 0 Å². The van der Waals surface area contributed by atoms with E-state index < -0.39 is 0 Å². The maximum absolute atomic E-state index is 2.87. The van der Waals surface area contributed by atoms with Crippen LogP contribution in [0.1, 0.15) is 136 Å². The number of rotatable bonds is 2. The lowest BCUT2D eigenvalue weighted by atomic mass is 9.50. The van der Waals surface area contributed by atoms with E-state index in [1.807, 2.05) is 33.4 Å². The van der Waals surface area contributed by atoms with Crippen LogP contribution >= 0.6 is 0 Å². The Morgan fingerprint density at radius 3 is 2.24 bits per heavy atom.